The summed E-state index contributed by atoms with van der Waals surface area (Å²) in [5.41, 5.74) is -0.0606. The molecule has 0 bridgehead atoms. The highest BCUT2D eigenvalue weighted by Crippen LogP contribution is 2.30. The van der Waals surface area contributed by atoms with Gasteiger partial charge in [-0.2, -0.15) is 0 Å². The lowest BCUT2D eigenvalue weighted by atomic mass is 10.0. The van der Waals surface area contributed by atoms with Crippen molar-refractivity contribution < 1.29 is 14.3 Å². The van der Waals surface area contributed by atoms with Gasteiger partial charge >= 0.3 is 0 Å². The Bertz CT molecular complexity index is 495. The average Bonchev–Trinajstić information content (AvgIpc) is 2.29. The first kappa shape index (κ1) is 11.5. The van der Waals surface area contributed by atoms with E-state index in [2.05, 4.69) is 5.92 Å². The van der Waals surface area contributed by atoms with E-state index < -0.39 is 5.60 Å². The van der Waals surface area contributed by atoms with Crippen LogP contribution >= 0.6 is 0 Å². The van der Waals surface area contributed by atoms with E-state index in [4.69, 9.17) is 15.9 Å². The first-order chi connectivity index (χ1) is 8.02. The predicted molar refractivity (Wildman–Crippen MR) is 64.4 cm³/mol. The van der Waals surface area contributed by atoms with Crippen LogP contribution in [0.15, 0.2) is 18.2 Å². The Morgan fingerprint density at radius 3 is 2.94 bits per heavy atom. The quantitative estimate of drug-likeness (QED) is 0.732. The van der Waals surface area contributed by atoms with Crippen molar-refractivity contribution in [3.05, 3.63) is 23.8 Å². The molecule has 2 rings (SSSR count). The zero-order valence-electron chi connectivity index (χ0n) is 9.95. The average molecular weight is 230 g/mol. The molecule has 1 aromatic carbocycles. The molecule has 0 N–H and O–H groups in total. The first-order valence-corrected chi connectivity index (χ1v) is 5.49. The number of hydrogen-bond donors (Lipinski definition) is 0. The number of benzene rings is 1. The SMILES string of the molecule is C#CC(C)(C)Oc1ccc2c(c1)OCCC2=O. The number of ketones is 1. The second-order valence-corrected chi connectivity index (χ2v) is 4.44. The standard InChI is InChI=1S/C14H14O3/c1-4-14(2,3)17-10-5-6-11-12(15)7-8-16-13(11)9-10/h1,5-6,9H,7-8H2,2-3H3. The molecule has 1 heterocycles. The third-order valence-corrected chi connectivity index (χ3v) is 2.56. The molecule has 0 fully saturated rings. The highest BCUT2D eigenvalue weighted by molar-refractivity contribution is 5.99. The summed E-state index contributed by atoms with van der Waals surface area (Å²) in [6.07, 6.45) is 5.79. The van der Waals surface area contributed by atoms with E-state index in [1.165, 1.54) is 0 Å². The second-order valence-electron chi connectivity index (χ2n) is 4.44. The van der Waals surface area contributed by atoms with Crippen molar-refractivity contribution in [1.82, 2.24) is 0 Å². The zero-order valence-corrected chi connectivity index (χ0v) is 9.95. The Hall–Kier alpha value is -1.95. The maximum absolute atomic E-state index is 11.6. The number of carbonyl (C=O) groups is 1. The monoisotopic (exact) mass is 230 g/mol. The van der Waals surface area contributed by atoms with Gasteiger partial charge in [-0.1, -0.05) is 5.92 Å². The maximum Gasteiger partial charge on any atom is 0.169 e. The first-order valence-electron chi connectivity index (χ1n) is 5.49. The predicted octanol–water partition coefficient (Wildman–Crippen LogP) is 2.44. The van der Waals surface area contributed by atoms with Crippen LogP contribution in [-0.4, -0.2) is 18.0 Å². The molecule has 1 aliphatic rings. The lowest BCUT2D eigenvalue weighted by Crippen LogP contribution is -2.25. The zero-order chi connectivity index (χ0) is 12.5. The molecule has 0 spiro atoms. The van der Waals surface area contributed by atoms with E-state index in [0.29, 0.717) is 30.1 Å². The topological polar surface area (TPSA) is 35.5 Å². The van der Waals surface area contributed by atoms with E-state index in [1.54, 1.807) is 32.0 Å². The highest BCUT2D eigenvalue weighted by atomic mass is 16.5. The van der Waals surface area contributed by atoms with Gasteiger partial charge in [0.25, 0.3) is 0 Å². The summed E-state index contributed by atoms with van der Waals surface area (Å²) in [5, 5.41) is 0. The van der Waals surface area contributed by atoms with Gasteiger partial charge in [0.1, 0.15) is 11.5 Å². The molecule has 3 heteroatoms. The molecule has 0 unspecified atom stereocenters. The van der Waals surface area contributed by atoms with E-state index in [-0.39, 0.29) is 5.78 Å². The molecule has 0 atom stereocenters. The Kier molecular flexibility index (Phi) is 2.81. The van der Waals surface area contributed by atoms with Gasteiger partial charge in [-0.15, -0.1) is 6.42 Å². The molecule has 1 aromatic rings. The number of terminal acetylenes is 1. The summed E-state index contributed by atoms with van der Waals surface area (Å²) in [4.78, 5) is 11.6. The molecule has 0 amide bonds. The van der Waals surface area contributed by atoms with Crippen LogP contribution in [0.25, 0.3) is 0 Å². The fraction of sp³-hybridized carbons (Fsp3) is 0.357. The minimum Gasteiger partial charge on any atom is -0.492 e. The Morgan fingerprint density at radius 2 is 2.24 bits per heavy atom. The summed E-state index contributed by atoms with van der Waals surface area (Å²) in [7, 11) is 0. The number of rotatable bonds is 2. The van der Waals surface area contributed by atoms with E-state index in [9.17, 15) is 4.79 Å². The number of Topliss-reactive ketones (excluding diaryl/α,β-unsaturated/α-hetero) is 1. The van der Waals surface area contributed by atoms with Crippen molar-refractivity contribution in [2.24, 2.45) is 0 Å². The van der Waals surface area contributed by atoms with Crippen molar-refractivity contribution in [1.29, 1.82) is 0 Å². The van der Waals surface area contributed by atoms with Gasteiger partial charge in [0.05, 0.1) is 12.2 Å². The van der Waals surface area contributed by atoms with Crippen molar-refractivity contribution in [2.45, 2.75) is 25.9 Å². The van der Waals surface area contributed by atoms with Crippen molar-refractivity contribution in [2.75, 3.05) is 6.61 Å². The van der Waals surface area contributed by atoms with E-state index >= 15 is 0 Å². The number of hydrogen-bond acceptors (Lipinski definition) is 3. The van der Waals surface area contributed by atoms with Crippen molar-refractivity contribution in [3.8, 4) is 23.8 Å². The van der Waals surface area contributed by atoms with Crippen LogP contribution in [-0.2, 0) is 0 Å². The summed E-state index contributed by atoms with van der Waals surface area (Å²) in [5.74, 6) is 3.84. The third-order valence-electron chi connectivity index (χ3n) is 2.56. The largest absolute Gasteiger partial charge is 0.492 e. The molecule has 0 aromatic heterocycles. The minimum absolute atomic E-state index is 0.106. The Morgan fingerprint density at radius 1 is 1.47 bits per heavy atom. The number of carbonyl (C=O) groups excluding carboxylic acids is 1. The summed E-state index contributed by atoms with van der Waals surface area (Å²) in [6.45, 7) is 4.03. The minimum atomic E-state index is -0.674. The van der Waals surface area contributed by atoms with Crippen LogP contribution in [0, 0.1) is 12.3 Å². The van der Waals surface area contributed by atoms with Gasteiger partial charge in [0.15, 0.2) is 11.4 Å². The number of ether oxygens (including phenoxy) is 2. The fourth-order valence-electron chi connectivity index (χ4n) is 1.63. The summed E-state index contributed by atoms with van der Waals surface area (Å²) >= 11 is 0. The number of fused-ring (bicyclic) bond motifs is 1. The lowest BCUT2D eigenvalue weighted by Gasteiger charge is -2.22. The molecular weight excluding hydrogens is 216 g/mol. The fourth-order valence-corrected chi connectivity index (χ4v) is 1.63. The van der Waals surface area contributed by atoms with Crippen molar-refractivity contribution in [3.63, 3.8) is 0 Å². The smallest absolute Gasteiger partial charge is 0.169 e. The van der Waals surface area contributed by atoms with Crippen LogP contribution in [0.2, 0.25) is 0 Å². The molecule has 0 radical (unpaired) electrons. The van der Waals surface area contributed by atoms with Gasteiger partial charge in [-0.05, 0) is 26.0 Å². The van der Waals surface area contributed by atoms with Crippen LogP contribution in [0.3, 0.4) is 0 Å². The van der Waals surface area contributed by atoms with Gasteiger partial charge in [-0.3, -0.25) is 4.79 Å². The third kappa shape index (κ3) is 2.42. The van der Waals surface area contributed by atoms with Gasteiger partial charge in [0.2, 0.25) is 0 Å². The van der Waals surface area contributed by atoms with Crippen LogP contribution in [0.1, 0.15) is 30.6 Å². The van der Waals surface area contributed by atoms with Gasteiger partial charge in [0, 0.05) is 12.5 Å². The van der Waals surface area contributed by atoms with Crippen LogP contribution < -0.4 is 9.47 Å². The van der Waals surface area contributed by atoms with Crippen LogP contribution in [0.5, 0.6) is 11.5 Å². The Labute approximate surface area is 101 Å². The Balaban J connectivity index is 2.29. The normalized spacial score (nSPS) is 14.5. The molecule has 0 saturated carbocycles. The molecule has 0 saturated heterocycles. The summed E-state index contributed by atoms with van der Waals surface area (Å²) in [6, 6.07) is 5.18. The van der Waals surface area contributed by atoms with Crippen LogP contribution in [0.4, 0.5) is 0 Å². The summed E-state index contributed by atoms with van der Waals surface area (Å²) < 4.78 is 11.1. The van der Waals surface area contributed by atoms with Crippen molar-refractivity contribution >= 4 is 5.78 Å². The van der Waals surface area contributed by atoms with Gasteiger partial charge in [-0.25, -0.2) is 0 Å². The molecular formula is C14H14O3. The molecule has 88 valence electrons. The second kappa shape index (κ2) is 4.14. The van der Waals surface area contributed by atoms with Gasteiger partial charge < -0.3 is 9.47 Å². The van der Waals surface area contributed by atoms with E-state index in [0.717, 1.165) is 0 Å². The molecule has 0 aliphatic carbocycles. The maximum atomic E-state index is 11.6. The van der Waals surface area contributed by atoms with E-state index in [1.807, 2.05) is 0 Å². The molecule has 3 nitrogen and oxygen atoms in total. The lowest BCUT2D eigenvalue weighted by molar-refractivity contribution is 0.0933. The molecule has 1 aliphatic heterocycles. The molecule has 17 heavy (non-hydrogen) atoms. The highest BCUT2D eigenvalue weighted by Gasteiger charge is 2.21.